The smallest absolute Gasteiger partial charge is 0.325 e. The lowest BCUT2D eigenvalue weighted by atomic mass is 9.92. The molecule has 1 atom stereocenters. The molecule has 5 nitrogen and oxygen atoms in total. The number of hydrogen-bond donors (Lipinski definition) is 3. The topological polar surface area (TPSA) is 78.8 Å². The zero-order valence-corrected chi connectivity index (χ0v) is 11.6. The molecule has 1 aromatic rings. The summed E-state index contributed by atoms with van der Waals surface area (Å²) in [6.45, 7) is 0. The number of nitrogens with one attached hydrogen (secondary N) is 1. The first kappa shape index (κ1) is 14.8. The third kappa shape index (κ3) is 3.71. The summed E-state index contributed by atoms with van der Waals surface area (Å²) in [6.07, 6.45) is 2.81. The Morgan fingerprint density at radius 1 is 1.35 bits per heavy atom. The number of aliphatic carboxylic acids is 1. The Labute approximate surface area is 118 Å². The zero-order valence-electron chi connectivity index (χ0n) is 11.6. The van der Waals surface area contributed by atoms with E-state index in [9.17, 15) is 15.0 Å². The summed E-state index contributed by atoms with van der Waals surface area (Å²) in [7, 11) is 1.56. The second-order valence-corrected chi connectivity index (χ2v) is 5.22. The van der Waals surface area contributed by atoms with Crippen molar-refractivity contribution in [3.8, 4) is 5.75 Å². The van der Waals surface area contributed by atoms with E-state index < -0.39 is 12.0 Å². The average molecular weight is 279 g/mol. The van der Waals surface area contributed by atoms with Gasteiger partial charge in [0.05, 0.1) is 13.2 Å². The molecule has 0 spiro atoms. The van der Waals surface area contributed by atoms with Gasteiger partial charge in [-0.1, -0.05) is 12.1 Å². The molecule has 1 aliphatic carbocycles. The van der Waals surface area contributed by atoms with Crippen LogP contribution in [0.1, 0.15) is 37.3 Å². The fourth-order valence-corrected chi connectivity index (χ4v) is 2.61. The fourth-order valence-electron chi connectivity index (χ4n) is 2.61. The number of carbonyl (C=O) groups is 1. The van der Waals surface area contributed by atoms with E-state index in [2.05, 4.69) is 5.32 Å². The van der Waals surface area contributed by atoms with Gasteiger partial charge in [-0.25, -0.2) is 0 Å². The van der Waals surface area contributed by atoms with Crippen LogP contribution in [0.5, 0.6) is 5.75 Å². The molecular weight excluding hydrogens is 258 g/mol. The van der Waals surface area contributed by atoms with Gasteiger partial charge in [0.25, 0.3) is 0 Å². The van der Waals surface area contributed by atoms with Gasteiger partial charge in [0.2, 0.25) is 0 Å². The van der Waals surface area contributed by atoms with E-state index in [-0.39, 0.29) is 12.1 Å². The van der Waals surface area contributed by atoms with Gasteiger partial charge in [0.1, 0.15) is 11.8 Å². The number of methoxy groups -OCH3 is 1. The maximum Gasteiger partial charge on any atom is 0.325 e. The Hall–Kier alpha value is -1.59. The van der Waals surface area contributed by atoms with Gasteiger partial charge in [-0.3, -0.25) is 10.1 Å². The molecule has 0 saturated heterocycles. The van der Waals surface area contributed by atoms with Crippen molar-refractivity contribution in [3.05, 3.63) is 29.8 Å². The maximum absolute atomic E-state index is 11.5. The van der Waals surface area contributed by atoms with Crippen molar-refractivity contribution < 1.29 is 19.7 Å². The van der Waals surface area contributed by atoms with Crippen LogP contribution in [-0.4, -0.2) is 35.4 Å². The third-order valence-electron chi connectivity index (χ3n) is 3.77. The van der Waals surface area contributed by atoms with Crippen LogP contribution in [-0.2, 0) is 4.79 Å². The van der Waals surface area contributed by atoms with Crippen LogP contribution in [0.15, 0.2) is 24.3 Å². The number of benzene rings is 1. The molecule has 0 bridgehead atoms. The van der Waals surface area contributed by atoms with Crippen LogP contribution in [0.4, 0.5) is 0 Å². The van der Waals surface area contributed by atoms with Gasteiger partial charge in [-0.2, -0.15) is 0 Å². The number of aliphatic hydroxyl groups is 1. The summed E-state index contributed by atoms with van der Waals surface area (Å²) in [6, 6.07) is 6.49. The molecule has 2 rings (SSSR count). The molecule has 20 heavy (non-hydrogen) atoms. The minimum Gasteiger partial charge on any atom is -0.497 e. The van der Waals surface area contributed by atoms with Gasteiger partial charge in [0.15, 0.2) is 0 Å². The van der Waals surface area contributed by atoms with E-state index in [4.69, 9.17) is 4.74 Å². The first-order chi connectivity index (χ1) is 9.60. The van der Waals surface area contributed by atoms with E-state index in [1.807, 2.05) is 0 Å². The maximum atomic E-state index is 11.5. The molecule has 5 heteroatoms. The van der Waals surface area contributed by atoms with Crippen LogP contribution in [0, 0.1) is 0 Å². The number of hydrogen-bond acceptors (Lipinski definition) is 4. The second-order valence-electron chi connectivity index (χ2n) is 5.22. The Bertz CT molecular complexity index is 455. The summed E-state index contributed by atoms with van der Waals surface area (Å²) in [4.78, 5) is 11.5. The van der Waals surface area contributed by atoms with Gasteiger partial charge in [-0.15, -0.1) is 0 Å². The van der Waals surface area contributed by atoms with Crippen molar-refractivity contribution in [1.29, 1.82) is 0 Å². The van der Waals surface area contributed by atoms with Crippen LogP contribution in [0.25, 0.3) is 0 Å². The normalized spacial score (nSPS) is 24.1. The molecule has 1 fully saturated rings. The highest BCUT2D eigenvalue weighted by molar-refractivity contribution is 5.75. The highest BCUT2D eigenvalue weighted by Gasteiger charge is 2.26. The van der Waals surface area contributed by atoms with E-state index in [1.165, 1.54) is 0 Å². The lowest BCUT2D eigenvalue weighted by Gasteiger charge is -2.29. The van der Waals surface area contributed by atoms with Crippen LogP contribution in [0.3, 0.4) is 0 Å². The molecule has 1 aromatic carbocycles. The van der Waals surface area contributed by atoms with Gasteiger partial charge >= 0.3 is 5.97 Å². The van der Waals surface area contributed by atoms with E-state index in [1.54, 1.807) is 31.4 Å². The summed E-state index contributed by atoms with van der Waals surface area (Å²) < 4.78 is 5.14. The molecule has 0 amide bonds. The van der Waals surface area contributed by atoms with Crippen molar-refractivity contribution in [2.45, 2.75) is 43.9 Å². The van der Waals surface area contributed by atoms with E-state index in [0.717, 1.165) is 25.7 Å². The van der Waals surface area contributed by atoms with Crippen molar-refractivity contribution in [2.75, 3.05) is 7.11 Å². The molecule has 110 valence electrons. The number of carboxylic acid groups (broad SMARTS) is 1. The van der Waals surface area contributed by atoms with Crippen LogP contribution in [0.2, 0.25) is 0 Å². The predicted molar refractivity (Wildman–Crippen MR) is 74.8 cm³/mol. The molecule has 0 radical (unpaired) electrons. The predicted octanol–water partition coefficient (Wildman–Crippen LogP) is 1.71. The van der Waals surface area contributed by atoms with Gasteiger partial charge < -0.3 is 14.9 Å². The number of ether oxygens (including phenoxy) is 1. The molecule has 0 aromatic heterocycles. The lowest BCUT2D eigenvalue weighted by molar-refractivity contribution is -0.140. The molecule has 1 unspecified atom stereocenters. The van der Waals surface area contributed by atoms with E-state index in [0.29, 0.717) is 11.3 Å². The van der Waals surface area contributed by atoms with Gasteiger partial charge in [0, 0.05) is 6.04 Å². The second kappa shape index (κ2) is 6.72. The summed E-state index contributed by atoms with van der Waals surface area (Å²) >= 11 is 0. The molecule has 1 aliphatic rings. The SMILES string of the molecule is COc1cccc(C(NC2CCC(O)CC2)C(=O)O)c1. The molecule has 1 saturated carbocycles. The standard InChI is InChI=1S/C15H21NO4/c1-20-13-4-2-3-10(9-13)14(15(18)19)16-11-5-7-12(17)8-6-11/h2-4,9,11-12,14,16-17H,5-8H2,1H3,(H,18,19). The highest BCUT2D eigenvalue weighted by atomic mass is 16.5. The summed E-state index contributed by atoms with van der Waals surface area (Å²) in [5.41, 5.74) is 0.683. The zero-order chi connectivity index (χ0) is 14.5. The first-order valence-electron chi connectivity index (χ1n) is 6.91. The number of aliphatic hydroxyl groups excluding tert-OH is 1. The molecule has 0 heterocycles. The highest BCUT2D eigenvalue weighted by Crippen LogP contribution is 2.24. The summed E-state index contributed by atoms with van der Waals surface area (Å²) in [5, 5.41) is 22.1. The number of rotatable bonds is 5. The first-order valence-corrected chi connectivity index (χ1v) is 6.91. The van der Waals surface area contributed by atoms with Crippen LogP contribution < -0.4 is 10.1 Å². The van der Waals surface area contributed by atoms with Crippen molar-refractivity contribution >= 4 is 5.97 Å². The fraction of sp³-hybridized carbons (Fsp3) is 0.533. The minimum atomic E-state index is -0.899. The Kier molecular flexibility index (Phi) is 4.98. The molecular formula is C15H21NO4. The largest absolute Gasteiger partial charge is 0.497 e. The van der Waals surface area contributed by atoms with E-state index >= 15 is 0 Å². The Balaban J connectivity index is 2.08. The molecule has 0 aliphatic heterocycles. The Morgan fingerprint density at radius 3 is 2.65 bits per heavy atom. The number of carboxylic acids is 1. The monoisotopic (exact) mass is 279 g/mol. The Morgan fingerprint density at radius 2 is 2.05 bits per heavy atom. The van der Waals surface area contributed by atoms with Crippen molar-refractivity contribution in [3.63, 3.8) is 0 Å². The third-order valence-corrected chi connectivity index (χ3v) is 3.77. The average Bonchev–Trinajstić information content (AvgIpc) is 2.46. The minimum absolute atomic E-state index is 0.130. The van der Waals surface area contributed by atoms with Crippen molar-refractivity contribution in [2.24, 2.45) is 0 Å². The lowest BCUT2D eigenvalue weighted by Crippen LogP contribution is -2.40. The van der Waals surface area contributed by atoms with Crippen molar-refractivity contribution in [1.82, 2.24) is 5.32 Å². The quantitative estimate of drug-likeness (QED) is 0.765. The van der Waals surface area contributed by atoms with Crippen LogP contribution >= 0.6 is 0 Å². The summed E-state index contributed by atoms with van der Waals surface area (Å²) in [5.74, 6) is -0.251. The van der Waals surface area contributed by atoms with Gasteiger partial charge in [-0.05, 0) is 43.4 Å². The molecule has 3 N–H and O–H groups in total.